The van der Waals surface area contributed by atoms with Gasteiger partial charge in [-0.2, -0.15) is 0 Å². The molecule has 3 rings (SSSR count). The number of hydrogen-bond donors (Lipinski definition) is 1. The number of anilines is 2. The predicted molar refractivity (Wildman–Crippen MR) is 64.4 cm³/mol. The highest BCUT2D eigenvalue weighted by Crippen LogP contribution is 2.35. The highest BCUT2D eigenvalue weighted by atomic mass is 16.5. The van der Waals surface area contributed by atoms with E-state index in [0.29, 0.717) is 0 Å². The Labute approximate surface area is 95.6 Å². The molecule has 16 heavy (non-hydrogen) atoms. The molecule has 2 aliphatic heterocycles. The van der Waals surface area contributed by atoms with Crippen LogP contribution in [-0.4, -0.2) is 31.7 Å². The number of aromatic nitrogens is 1. The molecule has 0 bridgehead atoms. The molecule has 2 aliphatic rings. The molecule has 0 spiro atoms. The Morgan fingerprint density at radius 2 is 2.25 bits per heavy atom. The van der Waals surface area contributed by atoms with E-state index >= 15 is 0 Å². The Kier molecular flexibility index (Phi) is 2.35. The van der Waals surface area contributed by atoms with Gasteiger partial charge in [-0.15, -0.1) is 0 Å². The van der Waals surface area contributed by atoms with Crippen molar-refractivity contribution in [2.24, 2.45) is 0 Å². The van der Waals surface area contributed by atoms with Gasteiger partial charge in [0.05, 0.1) is 18.5 Å². The van der Waals surface area contributed by atoms with Crippen LogP contribution in [0.5, 0.6) is 5.75 Å². The van der Waals surface area contributed by atoms with E-state index in [1.807, 2.05) is 0 Å². The molecule has 0 radical (unpaired) electrons. The highest BCUT2D eigenvalue weighted by molar-refractivity contribution is 5.66. The number of nitrogens with zero attached hydrogens (tertiary/aromatic N) is 2. The molecule has 1 saturated heterocycles. The van der Waals surface area contributed by atoms with Crippen LogP contribution in [0, 0.1) is 0 Å². The van der Waals surface area contributed by atoms with Gasteiger partial charge in [-0.1, -0.05) is 0 Å². The third-order valence-corrected chi connectivity index (χ3v) is 3.34. The summed E-state index contributed by atoms with van der Waals surface area (Å²) in [5.74, 6) is 2.01. The van der Waals surface area contributed by atoms with Crippen LogP contribution in [0.2, 0.25) is 0 Å². The minimum Gasteiger partial charge on any atom is -0.494 e. The lowest BCUT2D eigenvalue weighted by molar-refractivity contribution is 0.414. The highest BCUT2D eigenvalue weighted by Gasteiger charge is 2.21. The predicted octanol–water partition coefficient (Wildman–Crippen LogP) is 1.66. The Balaban J connectivity index is 2.01. The van der Waals surface area contributed by atoms with E-state index in [4.69, 9.17) is 9.72 Å². The zero-order valence-electron chi connectivity index (χ0n) is 9.62. The van der Waals surface area contributed by atoms with Gasteiger partial charge >= 0.3 is 0 Å². The standard InChI is InChI=1S/C12H17N3O/c1-16-10-8-11(15-6-3-7-15)14-9-4-2-5-13-12(9)10/h8,13H,2-7H2,1H3. The fraction of sp³-hybridized carbons (Fsp3) is 0.583. The summed E-state index contributed by atoms with van der Waals surface area (Å²) >= 11 is 0. The number of fused-ring (bicyclic) bond motifs is 1. The summed E-state index contributed by atoms with van der Waals surface area (Å²) in [5, 5.41) is 3.38. The fourth-order valence-electron chi connectivity index (χ4n) is 2.27. The second kappa shape index (κ2) is 3.85. The molecule has 1 fully saturated rings. The zero-order chi connectivity index (χ0) is 11.0. The average Bonchev–Trinajstić information content (AvgIpc) is 2.25. The molecule has 0 amide bonds. The van der Waals surface area contributed by atoms with E-state index in [0.717, 1.165) is 55.4 Å². The van der Waals surface area contributed by atoms with Gasteiger partial charge in [0, 0.05) is 25.7 Å². The summed E-state index contributed by atoms with van der Waals surface area (Å²) in [5.41, 5.74) is 2.26. The summed E-state index contributed by atoms with van der Waals surface area (Å²) < 4.78 is 5.44. The lowest BCUT2D eigenvalue weighted by Gasteiger charge is -2.33. The normalized spacial score (nSPS) is 18.4. The Morgan fingerprint density at radius 1 is 1.38 bits per heavy atom. The molecule has 4 nitrogen and oxygen atoms in total. The first-order valence-electron chi connectivity index (χ1n) is 5.95. The number of nitrogens with one attached hydrogen (secondary N) is 1. The molecule has 0 saturated carbocycles. The summed E-state index contributed by atoms with van der Waals surface area (Å²) in [6.07, 6.45) is 3.49. The number of aryl methyl sites for hydroxylation is 1. The second-order valence-corrected chi connectivity index (χ2v) is 4.38. The van der Waals surface area contributed by atoms with E-state index in [1.54, 1.807) is 7.11 Å². The van der Waals surface area contributed by atoms with Crippen molar-refractivity contribution in [1.82, 2.24) is 4.98 Å². The van der Waals surface area contributed by atoms with Gasteiger partial charge < -0.3 is 15.0 Å². The van der Waals surface area contributed by atoms with Crippen molar-refractivity contribution in [2.45, 2.75) is 19.3 Å². The van der Waals surface area contributed by atoms with Crippen molar-refractivity contribution >= 4 is 11.5 Å². The summed E-state index contributed by atoms with van der Waals surface area (Å²) in [7, 11) is 1.73. The van der Waals surface area contributed by atoms with Gasteiger partial charge in [0.1, 0.15) is 11.6 Å². The van der Waals surface area contributed by atoms with Crippen LogP contribution in [0.4, 0.5) is 11.5 Å². The zero-order valence-corrected chi connectivity index (χ0v) is 9.62. The largest absolute Gasteiger partial charge is 0.494 e. The number of methoxy groups -OCH3 is 1. The lowest BCUT2D eigenvalue weighted by Crippen LogP contribution is -2.38. The smallest absolute Gasteiger partial charge is 0.147 e. The third-order valence-electron chi connectivity index (χ3n) is 3.34. The van der Waals surface area contributed by atoms with Gasteiger partial charge in [0.15, 0.2) is 0 Å². The van der Waals surface area contributed by atoms with Crippen LogP contribution in [0.1, 0.15) is 18.5 Å². The first kappa shape index (κ1) is 9.75. The first-order valence-corrected chi connectivity index (χ1v) is 5.95. The fourth-order valence-corrected chi connectivity index (χ4v) is 2.27. The van der Waals surface area contributed by atoms with Crippen LogP contribution < -0.4 is 15.0 Å². The molecule has 1 aromatic heterocycles. The van der Waals surface area contributed by atoms with Gasteiger partial charge in [-0.3, -0.25) is 0 Å². The lowest BCUT2D eigenvalue weighted by atomic mass is 10.1. The topological polar surface area (TPSA) is 37.4 Å². The molecule has 86 valence electrons. The maximum atomic E-state index is 5.44. The van der Waals surface area contributed by atoms with Crippen molar-refractivity contribution in [1.29, 1.82) is 0 Å². The summed E-state index contributed by atoms with van der Waals surface area (Å²) in [4.78, 5) is 7.03. The SMILES string of the molecule is COc1cc(N2CCC2)nc2c1NCCC2. The van der Waals surface area contributed by atoms with Crippen LogP contribution in [0.3, 0.4) is 0 Å². The molecule has 1 aromatic rings. The summed E-state index contributed by atoms with van der Waals surface area (Å²) in [6.45, 7) is 3.28. The Bertz CT molecular complexity index is 384. The van der Waals surface area contributed by atoms with Crippen LogP contribution in [0.25, 0.3) is 0 Å². The van der Waals surface area contributed by atoms with Gasteiger partial charge in [-0.25, -0.2) is 4.98 Å². The van der Waals surface area contributed by atoms with E-state index < -0.39 is 0 Å². The quantitative estimate of drug-likeness (QED) is 0.821. The van der Waals surface area contributed by atoms with Gasteiger partial charge in [0.25, 0.3) is 0 Å². The number of rotatable bonds is 2. The van der Waals surface area contributed by atoms with E-state index in [2.05, 4.69) is 16.3 Å². The third kappa shape index (κ3) is 1.49. The van der Waals surface area contributed by atoms with Gasteiger partial charge in [0.2, 0.25) is 0 Å². The molecule has 0 aliphatic carbocycles. The molecule has 0 unspecified atom stereocenters. The minimum absolute atomic E-state index is 0.937. The maximum Gasteiger partial charge on any atom is 0.147 e. The van der Waals surface area contributed by atoms with Crippen LogP contribution in [-0.2, 0) is 6.42 Å². The molecule has 3 heterocycles. The Morgan fingerprint density at radius 3 is 2.94 bits per heavy atom. The van der Waals surface area contributed by atoms with Crippen molar-refractivity contribution in [3.63, 3.8) is 0 Å². The first-order chi connectivity index (χ1) is 7.88. The molecular weight excluding hydrogens is 202 g/mol. The number of pyridine rings is 1. The van der Waals surface area contributed by atoms with Crippen LogP contribution >= 0.6 is 0 Å². The van der Waals surface area contributed by atoms with Gasteiger partial charge in [-0.05, 0) is 19.3 Å². The summed E-state index contributed by atoms with van der Waals surface area (Å²) in [6, 6.07) is 2.05. The number of ether oxygens (including phenoxy) is 1. The monoisotopic (exact) mass is 219 g/mol. The van der Waals surface area contributed by atoms with Crippen molar-refractivity contribution < 1.29 is 4.74 Å². The second-order valence-electron chi connectivity index (χ2n) is 4.38. The maximum absolute atomic E-state index is 5.44. The molecule has 0 atom stereocenters. The van der Waals surface area contributed by atoms with Crippen LogP contribution in [0.15, 0.2) is 6.07 Å². The number of hydrogen-bond acceptors (Lipinski definition) is 4. The van der Waals surface area contributed by atoms with E-state index in [9.17, 15) is 0 Å². The van der Waals surface area contributed by atoms with Crippen molar-refractivity contribution in [3.8, 4) is 5.75 Å². The average molecular weight is 219 g/mol. The van der Waals surface area contributed by atoms with Crippen molar-refractivity contribution in [2.75, 3.05) is 37.0 Å². The molecule has 1 N–H and O–H groups in total. The van der Waals surface area contributed by atoms with E-state index in [-0.39, 0.29) is 0 Å². The molecule has 0 aromatic carbocycles. The minimum atomic E-state index is 0.937. The van der Waals surface area contributed by atoms with E-state index in [1.165, 1.54) is 6.42 Å². The Hall–Kier alpha value is -1.45. The van der Waals surface area contributed by atoms with Crippen molar-refractivity contribution in [3.05, 3.63) is 11.8 Å². The molecular formula is C12H17N3O. The molecule has 4 heteroatoms.